The quantitative estimate of drug-likeness (QED) is 0.292. The van der Waals surface area contributed by atoms with E-state index in [9.17, 15) is 4.79 Å². The molecule has 1 saturated heterocycles. The number of thiocarbonyl (C=S) groups is 1. The SMILES string of the molecule is O=C(COc1ccccc1)Nc1ccc(N2C(=S)NC(c3ccccn3)C2c2ccc(Cl)s2)cc1. The maximum atomic E-state index is 12.3. The predicted octanol–water partition coefficient (Wildman–Crippen LogP) is 5.99. The molecule has 2 aromatic carbocycles. The molecule has 3 heterocycles. The van der Waals surface area contributed by atoms with Crippen LogP contribution in [0.4, 0.5) is 11.4 Å². The fraction of sp³-hybridized carbons (Fsp3) is 0.115. The summed E-state index contributed by atoms with van der Waals surface area (Å²) in [5, 5.41) is 6.89. The maximum absolute atomic E-state index is 12.3. The van der Waals surface area contributed by atoms with Crippen molar-refractivity contribution in [2.45, 2.75) is 12.1 Å². The first-order valence-corrected chi connectivity index (χ1v) is 12.5. The van der Waals surface area contributed by atoms with Gasteiger partial charge in [0.25, 0.3) is 5.91 Å². The zero-order chi connectivity index (χ0) is 24.2. The van der Waals surface area contributed by atoms with Crippen molar-refractivity contribution < 1.29 is 9.53 Å². The summed E-state index contributed by atoms with van der Waals surface area (Å²) >= 11 is 13.5. The summed E-state index contributed by atoms with van der Waals surface area (Å²) in [5.41, 5.74) is 2.47. The Balaban J connectivity index is 1.34. The monoisotopic (exact) mass is 520 g/mol. The van der Waals surface area contributed by atoms with Gasteiger partial charge in [-0.25, -0.2) is 0 Å². The second-order valence-corrected chi connectivity index (χ2v) is 9.97. The van der Waals surface area contributed by atoms with E-state index < -0.39 is 0 Å². The molecule has 2 aromatic heterocycles. The number of hydrogen-bond acceptors (Lipinski definition) is 5. The van der Waals surface area contributed by atoms with E-state index in [-0.39, 0.29) is 24.6 Å². The summed E-state index contributed by atoms with van der Waals surface area (Å²) in [7, 11) is 0. The van der Waals surface area contributed by atoms with E-state index in [1.165, 1.54) is 11.3 Å². The van der Waals surface area contributed by atoms with E-state index in [0.717, 1.165) is 16.3 Å². The zero-order valence-electron chi connectivity index (χ0n) is 18.4. The number of carbonyl (C=O) groups is 1. The number of halogens is 1. The Labute approximate surface area is 217 Å². The Morgan fingerprint density at radius 3 is 2.51 bits per heavy atom. The van der Waals surface area contributed by atoms with Gasteiger partial charge in [-0.05, 0) is 72.9 Å². The molecule has 176 valence electrons. The number of aromatic nitrogens is 1. The van der Waals surface area contributed by atoms with E-state index in [2.05, 4.69) is 20.5 Å². The number of benzene rings is 2. The number of hydrogen-bond donors (Lipinski definition) is 2. The Bertz CT molecular complexity index is 1320. The van der Waals surface area contributed by atoms with Crippen molar-refractivity contribution in [2.75, 3.05) is 16.8 Å². The van der Waals surface area contributed by atoms with Gasteiger partial charge in [-0.2, -0.15) is 0 Å². The average molecular weight is 521 g/mol. The van der Waals surface area contributed by atoms with Gasteiger partial charge in [0.2, 0.25) is 0 Å². The molecule has 1 fully saturated rings. The van der Waals surface area contributed by atoms with Crippen LogP contribution in [0.3, 0.4) is 0 Å². The van der Waals surface area contributed by atoms with Crippen LogP contribution in [0.25, 0.3) is 0 Å². The number of thiophene rings is 1. The number of ether oxygens (including phenoxy) is 1. The van der Waals surface area contributed by atoms with Crippen molar-refractivity contribution in [3.63, 3.8) is 0 Å². The van der Waals surface area contributed by atoms with Gasteiger partial charge in [-0.1, -0.05) is 35.9 Å². The lowest BCUT2D eigenvalue weighted by Crippen LogP contribution is -2.29. The predicted molar refractivity (Wildman–Crippen MR) is 144 cm³/mol. The summed E-state index contributed by atoms with van der Waals surface area (Å²) in [4.78, 5) is 20.0. The van der Waals surface area contributed by atoms with Crippen LogP contribution < -0.4 is 20.3 Å². The molecular formula is C26H21ClN4O2S2. The summed E-state index contributed by atoms with van der Waals surface area (Å²) in [6.07, 6.45) is 1.78. The molecule has 0 bridgehead atoms. The molecular weight excluding hydrogens is 500 g/mol. The lowest BCUT2D eigenvalue weighted by atomic mass is 10.0. The highest BCUT2D eigenvalue weighted by Crippen LogP contribution is 2.44. The summed E-state index contributed by atoms with van der Waals surface area (Å²) in [5.74, 6) is 0.413. The number of nitrogens with one attached hydrogen (secondary N) is 2. The fourth-order valence-electron chi connectivity index (χ4n) is 3.98. The summed E-state index contributed by atoms with van der Waals surface area (Å²) in [6.45, 7) is -0.0706. The number of para-hydroxylation sites is 1. The van der Waals surface area contributed by atoms with E-state index in [4.69, 9.17) is 28.6 Å². The van der Waals surface area contributed by atoms with Crippen LogP contribution in [-0.2, 0) is 4.79 Å². The van der Waals surface area contributed by atoms with Gasteiger partial charge in [0.05, 0.1) is 22.1 Å². The van der Waals surface area contributed by atoms with Crippen molar-refractivity contribution in [3.05, 3.63) is 106 Å². The number of carbonyl (C=O) groups excluding carboxylic acids is 1. The largest absolute Gasteiger partial charge is 0.484 e. The Morgan fingerprint density at radius 1 is 1.06 bits per heavy atom. The molecule has 1 aliphatic rings. The smallest absolute Gasteiger partial charge is 0.262 e. The fourth-order valence-corrected chi connectivity index (χ4v) is 5.51. The molecule has 0 spiro atoms. The van der Waals surface area contributed by atoms with Crippen LogP contribution in [0, 0.1) is 0 Å². The molecule has 4 aromatic rings. The van der Waals surface area contributed by atoms with Gasteiger partial charge in [-0.15, -0.1) is 11.3 Å². The molecule has 2 atom stereocenters. The molecule has 0 saturated carbocycles. The molecule has 2 N–H and O–H groups in total. The number of anilines is 2. The first-order chi connectivity index (χ1) is 17.1. The molecule has 6 nitrogen and oxygen atoms in total. The minimum Gasteiger partial charge on any atom is -0.484 e. The first-order valence-electron chi connectivity index (χ1n) is 10.9. The van der Waals surface area contributed by atoms with Gasteiger partial charge >= 0.3 is 0 Å². The summed E-state index contributed by atoms with van der Waals surface area (Å²) in [6, 6.07) is 26.3. The molecule has 0 radical (unpaired) electrons. The van der Waals surface area contributed by atoms with Crippen LogP contribution in [-0.4, -0.2) is 22.6 Å². The standard InChI is InChI=1S/C26H21ClN4O2S2/c27-22-14-13-21(35-22)25-24(20-8-4-5-15-28-20)30-26(34)31(25)18-11-9-17(10-12-18)29-23(32)16-33-19-6-2-1-3-7-19/h1-15,24-25H,16H2,(H,29,32)(H,30,34). The average Bonchev–Trinajstić information content (AvgIpc) is 3.47. The number of pyridine rings is 1. The number of amides is 1. The van der Waals surface area contributed by atoms with Crippen molar-refractivity contribution in [2.24, 2.45) is 0 Å². The number of nitrogens with zero attached hydrogens (tertiary/aromatic N) is 2. The molecule has 2 unspecified atom stereocenters. The highest BCUT2D eigenvalue weighted by Gasteiger charge is 2.41. The van der Waals surface area contributed by atoms with Crippen LogP contribution in [0.15, 0.2) is 91.1 Å². The topological polar surface area (TPSA) is 66.5 Å². The Hall–Kier alpha value is -3.46. The third-order valence-electron chi connectivity index (χ3n) is 5.53. The first kappa shape index (κ1) is 23.3. The minimum absolute atomic E-state index is 0.0706. The highest BCUT2D eigenvalue weighted by molar-refractivity contribution is 7.80. The van der Waals surface area contributed by atoms with Gasteiger partial charge < -0.3 is 20.3 Å². The van der Waals surface area contributed by atoms with Gasteiger partial charge in [0.1, 0.15) is 5.75 Å². The molecule has 9 heteroatoms. The van der Waals surface area contributed by atoms with Crippen LogP contribution >= 0.6 is 35.2 Å². The van der Waals surface area contributed by atoms with Crippen molar-refractivity contribution in [1.82, 2.24) is 10.3 Å². The lowest BCUT2D eigenvalue weighted by molar-refractivity contribution is -0.118. The molecule has 35 heavy (non-hydrogen) atoms. The van der Waals surface area contributed by atoms with E-state index in [0.29, 0.717) is 20.9 Å². The van der Waals surface area contributed by atoms with Crippen molar-refractivity contribution in [1.29, 1.82) is 0 Å². The highest BCUT2D eigenvalue weighted by atomic mass is 35.5. The molecule has 5 rings (SSSR count). The molecule has 1 amide bonds. The van der Waals surface area contributed by atoms with Crippen molar-refractivity contribution in [3.8, 4) is 5.75 Å². The minimum atomic E-state index is -0.235. The maximum Gasteiger partial charge on any atom is 0.262 e. The second kappa shape index (κ2) is 10.4. The second-order valence-electron chi connectivity index (χ2n) is 7.84. The van der Waals surface area contributed by atoms with Crippen LogP contribution in [0.2, 0.25) is 4.34 Å². The van der Waals surface area contributed by atoms with E-state index >= 15 is 0 Å². The Kier molecular flexibility index (Phi) is 6.94. The third-order valence-corrected chi connectivity index (χ3v) is 7.14. The Morgan fingerprint density at radius 2 is 1.83 bits per heavy atom. The normalized spacial score (nSPS) is 17.2. The summed E-state index contributed by atoms with van der Waals surface area (Å²) < 4.78 is 6.23. The lowest BCUT2D eigenvalue weighted by Gasteiger charge is -2.27. The van der Waals surface area contributed by atoms with E-state index in [1.807, 2.05) is 84.9 Å². The molecule has 1 aliphatic heterocycles. The van der Waals surface area contributed by atoms with Gasteiger partial charge in [-0.3, -0.25) is 9.78 Å². The van der Waals surface area contributed by atoms with Gasteiger partial charge in [0, 0.05) is 22.4 Å². The van der Waals surface area contributed by atoms with Crippen LogP contribution in [0.1, 0.15) is 22.7 Å². The van der Waals surface area contributed by atoms with Crippen molar-refractivity contribution >= 4 is 57.5 Å². The van der Waals surface area contributed by atoms with Gasteiger partial charge in [0.15, 0.2) is 11.7 Å². The van der Waals surface area contributed by atoms with Crippen LogP contribution in [0.5, 0.6) is 5.75 Å². The number of rotatable bonds is 7. The zero-order valence-corrected chi connectivity index (χ0v) is 20.8. The van der Waals surface area contributed by atoms with E-state index in [1.54, 1.807) is 6.20 Å². The third kappa shape index (κ3) is 5.30. The molecule has 0 aliphatic carbocycles.